The first-order valence-electron chi connectivity index (χ1n) is 5.74. The number of nitrogen functional groups attached to an aromatic ring is 1. The average Bonchev–Trinajstić information content (AvgIpc) is 2.28. The van der Waals surface area contributed by atoms with Crippen molar-refractivity contribution >= 4 is 22.4 Å². The Labute approximate surface area is 108 Å². The number of benzene rings is 1. The van der Waals surface area contributed by atoms with Crippen molar-refractivity contribution in [3.8, 4) is 0 Å². The van der Waals surface area contributed by atoms with Crippen LogP contribution in [-0.2, 0) is 15.6 Å². The molecule has 0 aromatic heterocycles. The Morgan fingerprint density at radius 1 is 1.50 bits per heavy atom. The second-order valence-electron chi connectivity index (χ2n) is 3.88. The van der Waals surface area contributed by atoms with Crippen LogP contribution in [0.25, 0.3) is 0 Å². The second kappa shape index (κ2) is 7.10. The van der Waals surface area contributed by atoms with E-state index in [1.165, 1.54) is 12.1 Å². The lowest BCUT2D eigenvalue weighted by Crippen LogP contribution is -2.29. The van der Waals surface area contributed by atoms with Gasteiger partial charge in [0.1, 0.15) is 11.6 Å². The maximum Gasteiger partial charge on any atom is 0.233 e. The monoisotopic (exact) mass is 272 g/mol. The number of halogens is 1. The van der Waals surface area contributed by atoms with Gasteiger partial charge in [0.15, 0.2) is 0 Å². The van der Waals surface area contributed by atoms with Crippen LogP contribution in [0.4, 0.5) is 10.1 Å². The second-order valence-corrected chi connectivity index (χ2v) is 5.30. The molecule has 100 valence electrons. The Morgan fingerprint density at radius 2 is 2.22 bits per heavy atom. The van der Waals surface area contributed by atoms with Gasteiger partial charge in [0.2, 0.25) is 5.91 Å². The van der Waals surface area contributed by atoms with E-state index < -0.39 is 16.6 Å². The van der Waals surface area contributed by atoms with Crippen molar-refractivity contribution < 1.29 is 13.4 Å². The van der Waals surface area contributed by atoms with E-state index >= 15 is 0 Å². The van der Waals surface area contributed by atoms with Crippen LogP contribution in [0.1, 0.15) is 19.8 Å². The molecule has 1 aromatic carbocycles. The first-order valence-corrected chi connectivity index (χ1v) is 7.06. The van der Waals surface area contributed by atoms with Gasteiger partial charge < -0.3 is 11.1 Å². The molecule has 6 heteroatoms. The van der Waals surface area contributed by atoms with Crippen LogP contribution in [0.15, 0.2) is 23.1 Å². The van der Waals surface area contributed by atoms with Crippen LogP contribution in [0.3, 0.4) is 0 Å². The minimum absolute atomic E-state index is 0.106. The van der Waals surface area contributed by atoms with Gasteiger partial charge in [0.25, 0.3) is 0 Å². The molecule has 0 radical (unpaired) electrons. The summed E-state index contributed by atoms with van der Waals surface area (Å²) in [5.41, 5.74) is 5.66. The normalized spacial score (nSPS) is 12.1. The lowest BCUT2D eigenvalue weighted by molar-refractivity contribution is -0.118. The van der Waals surface area contributed by atoms with E-state index in [1.807, 2.05) is 6.92 Å². The molecular formula is C12H17FN2O2S. The fraction of sp³-hybridized carbons (Fsp3) is 0.417. The van der Waals surface area contributed by atoms with Gasteiger partial charge in [0, 0.05) is 6.54 Å². The topological polar surface area (TPSA) is 72.2 Å². The summed E-state index contributed by atoms with van der Waals surface area (Å²) in [4.78, 5) is 11.8. The molecule has 0 aliphatic carbocycles. The molecule has 3 N–H and O–H groups in total. The number of rotatable bonds is 6. The summed E-state index contributed by atoms with van der Waals surface area (Å²) in [6.45, 7) is 2.59. The molecule has 0 aliphatic rings. The van der Waals surface area contributed by atoms with Gasteiger partial charge in [-0.3, -0.25) is 9.00 Å². The first-order chi connectivity index (χ1) is 8.54. The van der Waals surface area contributed by atoms with E-state index in [0.29, 0.717) is 11.4 Å². The maximum absolute atomic E-state index is 12.8. The molecule has 0 heterocycles. The molecule has 1 amide bonds. The molecule has 1 unspecified atom stereocenters. The summed E-state index contributed by atoms with van der Waals surface area (Å²) in [6, 6.07) is 3.63. The van der Waals surface area contributed by atoms with E-state index in [-0.39, 0.29) is 17.3 Å². The summed E-state index contributed by atoms with van der Waals surface area (Å²) in [7, 11) is -1.54. The Balaban J connectivity index is 2.57. The number of carbonyl (C=O) groups is 1. The third kappa shape index (κ3) is 4.44. The lowest BCUT2D eigenvalue weighted by Gasteiger charge is -2.06. The highest BCUT2D eigenvalue weighted by Crippen LogP contribution is 2.17. The van der Waals surface area contributed by atoms with E-state index in [9.17, 15) is 13.4 Å². The predicted molar refractivity (Wildman–Crippen MR) is 70.0 cm³/mol. The highest BCUT2D eigenvalue weighted by molar-refractivity contribution is 7.86. The van der Waals surface area contributed by atoms with Crippen LogP contribution < -0.4 is 11.1 Å². The number of amides is 1. The van der Waals surface area contributed by atoms with Crippen molar-refractivity contribution in [2.24, 2.45) is 0 Å². The molecule has 0 fully saturated rings. The number of nitrogens with one attached hydrogen (secondary N) is 1. The molecule has 0 saturated heterocycles. The third-order valence-corrected chi connectivity index (χ3v) is 3.72. The molecule has 4 nitrogen and oxygen atoms in total. The number of anilines is 1. The van der Waals surface area contributed by atoms with Crippen LogP contribution in [0, 0.1) is 5.82 Å². The van der Waals surface area contributed by atoms with E-state index in [0.717, 1.165) is 18.9 Å². The smallest absolute Gasteiger partial charge is 0.233 e. The zero-order valence-corrected chi connectivity index (χ0v) is 11.1. The minimum Gasteiger partial charge on any atom is -0.398 e. The van der Waals surface area contributed by atoms with Crippen molar-refractivity contribution in [3.05, 3.63) is 24.0 Å². The minimum atomic E-state index is -1.54. The zero-order valence-electron chi connectivity index (χ0n) is 10.2. The van der Waals surface area contributed by atoms with Gasteiger partial charge in [-0.2, -0.15) is 0 Å². The third-order valence-electron chi connectivity index (χ3n) is 2.33. The first kappa shape index (κ1) is 14.6. The van der Waals surface area contributed by atoms with Crippen molar-refractivity contribution in [1.82, 2.24) is 5.32 Å². The lowest BCUT2D eigenvalue weighted by atomic mass is 10.3. The van der Waals surface area contributed by atoms with Gasteiger partial charge in [0.05, 0.1) is 21.4 Å². The van der Waals surface area contributed by atoms with Crippen LogP contribution in [0.5, 0.6) is 0 Å². The highest BCUT2D eigenvalue weighted by Gasteiger charge is 2.12. The Bertz CT molecular complexity index is 452. The highest BCUT2D eigenvalue weighted by atomic mass is 32.2. The number of unbranched alkanes of at least 4 members (excludes halogenated alkanes) is 1. The van der Waals surface area contributed by atoms with Gasteiger partial charge in [-0.05, 0) is 24.6 Å². The van der Waals surface area contributed by atoms with E-state index in [4.69, 9.17) is 5.73 Å². The van der Waals surface area contributed by atoms with E-state index in [1.54, 1.807) is 0 Å². The van der Waals surface area contributed by atoms with Crippen molar-refractivity contribution in [2.75, 3.05) is 18.0 Å². The molecular weight excluding hydrogens is 255 g/mol. The van der Waals surface area contributed by atoms with E-state index in [2.05, 4.69) is 5.32 Å². The average molecular weight is 272 g/mol. The number of hydrogen-bond acceptors (Lipinski definition) is 3. The maximum atomic E-state index is 12.8. The summed E-state index contributed by atoms with van der Waals surface area (Å²) in [6.07, 6.45) is 1.87. The quantitative estimate of drug-likeness (QED) is 0.608. The SMILES string of the molecule is CCCCNC(=O)CS(=O)c1ccc(F)cc1N. The van der Waals surface area contributed by atoms with Gasteiger partial charge in [-0.15, -0.1) is 0 Å². The molecule has 0 spiro atoms. The molecule has 0 saturated carbocycles. The Kier molecular flexibility index (Phi) is 5.77. The molecule has 0 aliphatic heterocycles. The van der Waals surface area contributed by atoms with Crippen LogP contribution in [0.2, 0.25) is 0 Å². The Morgan fingerprint density at radius 3 is 2.83 bits per heavy atom. The standard InChI is InChI=1S/C12H17FN2O2S/c1-2-3-6-15-12(16)8-18(17)11-5-4-9(13)7-10(11)14/h4-5,7H,2-3,6,8,14H2,1H3,(H,15,16). The zero-order chi connectivity index (χ0) is 13.5. The predicted octanol–water partition coefficient (Wildman–Crippen LogP) is 1.43. The summed E-state index contributed by atoms with van der Waals surface area (Å²) < 4.78 is 24.7. The molecule has 1 aromatic rings. The van der Waals surface area contributed by atoms with Crippen molar-refractivity contribution in [2.45, 2.75) is 24.7 Å². The van der Waals surface area contributed by atoms with Gasteiger partial charge >= 0.3 is 0 Å². The van der Waals surface area contributed by atoms with Crippen molar-refractivity contribution in [3.63, 3.8) is 0 Å². The van der Waals surface area contributed by atoms with Gasteiger partial charge in [-0.25, -0.2) is 4.39 Å². The molecule has 18 heavy (non-hydrogen) atoms. The van der Waals surface area contributed by atoms with Gasteiger partial charge in [-0.1, -0.05) is 13.3 Å². The fourth-order valence-electron chi connectivity index (χ4n) is 1.38. The number of nitrogens with two attached hydrogens (primary N) is 1. The van der Waals surface area contributed by atoms with Crippen molar-refractivity contribution in [1.29, 1.82) is 0 Å². The molecule has 0 bridgehead atoms. The summed E-state index contributed by atoms with van der Waals surface area (Å²) >= 11 is 0. The van der Waals surface area contributed by atoms with Crippen LogP contribution >= 0.6 is 0 Å². The molecule has 1 atom stereocenters. The number of hydrogen-bond donors (Lipinski definition) is 2. The summed E-state index contributed by atoms with van der Waals surface area (Å²) in [5, 5.41) is 2.67. The van der Waals surface area contributed by atoms with Crippen LogP contribution in [-0.4, -0.2) is 22.4 Å². The largest absolute Gasteiger partial charge is 0.398 e. The Hall–Kier alpha value is -1.43. The fourth-order valence-corrected chi connectivity index (χ4v) is 2.42. The summed E-state index contributed by atoms with van der Waals surface area (Å²) in [5.74, 6) is -0.925. The molecule has 1 rings (SSSR count). The number of carbonyl (C=O) groups excluding carboxylic acids is 1.